The molecule has 0 bridgehead atoms. The zero-order chi connectivity index (χ0) is 17.5. The van der Waals surface area contributed by atoms with Gasteiger partial charge in [0.15, 0.2) is 0 Å². The van der Waals surface area contributed by atoms with Gasteiger partial charge in [-0.2, -0.15) is 11.8 Å². The van der Waals surface area contributed by atoms with E-state index in [1.807, 2.05) is 16.7 Å². The first-order valence-corrected chi connectivity index (χ1v) is 10.1. The standard InChI is InChI=1S/C16H26N6O2S.ClH/c23-14(9-13-11-25-8-5-17-13)19-16-18-12-22(20-16)10-15(24)21-6-3-1-2-4-7-21;/h12-13,17H,1-11H2,(H,19,20,23);1H. The molecule has 2 aliphatic heterocycles. The molecule has 0 radical (unpaired) electrons. The van der Waals surface area contributed by atoms with E-state index in [-0.39, 0.29) is 42.8 Å². The van der Waals surface area contributed by atoms with Gasteiger partial charge in [-0.05, 0) is 12.8 Å². The van der Waals surface area contributed by atoms with Crippen LogP contribution in [0.5, 0.6) is 0 Å². The Morgan fingerprint density at radius 3 is 2.73 bits per heavy atom. The van der Waals surface area contributed by atoms with E-state index in [1.165, 1.54) is 23.9 Å². The quantitative estimate of drug-likeness (QED) is 0.767. The highest BCUT2D eigenvalue weighted by Crippen LogP contribution is 2.12. The molecule has 2 amide bonds. The van der Waals surface area contributed by atoms with E-state index in [0.717, 1.165) is 44.0 Å². The van der Waals surface area contributed by atoms with Crippen LogP contribution in [0.3, 0.4) is 0 Å². The van der Waals surface area contributed by atoms with Gasteiger partial charge >= 0.3 is 0 Å². The molecule has 2 N–H and O–H groups in total. The summed E-state index contributed by atoms with van der Waals surface area (Å²) in [5.41, 5.74) is 0. The van der Waals surface area contributed by atoms with Crippen LogP contribution in [0, 0.1) is 0 Å². The van der Waals surface area contributed by atoms with Gasteiger partial charge in [-0.3, -0.25) is 14.9 Å². The van der Waals surface area contributed by atoms with E-state index < -0.39 is 0 Å². The number of hydrogen-bond acceptors (Lipinski definition) is 6. The van der Waals surface area contributed by atoms with Crippen molar-refractivity contribution in [1.29, 1.82) is 0 Å². The minimum atomic E-state index is -0.100. The first-order valence-electron chi connectivity index (χ1n) is 8.99. The number of halogens is 1. The molecule has 0 saturated carbocycles. The van der Waals surface area contributed by atoms with Crippen LogP contribution in [0.1, 0.15) is 32.1 Å². The Hall–Kier alpha value is -1.32. The van der Waals surface area contributed by atoms with Crippen LogP contribution in [0.2, 0.25) is 0 Å². The fourth-order valence-electron chi connectivity index (χ4n) is 3.14. The minimum Gasteiger partial charge on any atom is -0.341 e. The molecule has 1 atom stereocenters. The summed E-state index contributed by atoms with van der Waals surface area (Å²) >= 11 is 1.86. The van der Waals surface area contributed by atoms with Crippen LogP contribution >= 0.6 is 24.2 Å². The maximum absolute atomic E-state index is 12.4. The van der Waals surface area contributed by atoms with Crippen molar-refractivity contribution in [1.82, 2.24) is 25.0 Å². The van der Waals surface area contributed by atoms with Crippen LogP contribution in [-0.2, 0) is 16.1 Å². The molecular formula is C16H27ClN6O2S. The van der Waals surface area contributed by atoms with E-state index in [4.69, 9.17) is 0 Å². The number of carbonyl (C=O) groups is 2. The summed E-state index contributed by atoms with van der Waals surface area (Å²) in [6.07, 6.45) is 6.43. The Labute approximate surface area is 164 Å². The van der Waals surface area contributed by atoms with Gasteiger partial charge in [0, 0.05) is 43.6 Å². The van der Waals surface area contributed by atoms with Crippen LogP contribution in [0.4, 0.5) is 5.95 Å². The summed E-state index contributed by atoms with van der Waals surface area (Å²) in [6.45, 7) is 2.75. The SMILES string of the molecule is Cl.O=C(CC1CSCCN1)Nc1ncn(CC(=O)N2CCCCCC2)n1. The molecule has 0 aromatic carbocycles. The van der Waals surface area contributed by atoms with Crippen molar-refractivity contribution in [2.75, 3.05) is 36.5 Å². The number of amides is 2. The van der Waals surface area contributed by atoms with Crippen molar-refractivity contribution < 1.29 is 9.59 Å². The van der Waals surface area contributed by atoms with Gasteiger partial charge < -0.3 is 10.2 Å². The highest BCUT2D eigenvalue weighted by atomic mass is 35.5. The lowest BCUT2D eigenvalue weighted by atomic mass is 10.2. The summed E-state index contributed by atoms with van der Waals surface area (Å²) in [5, 5.41) is 10.2. The molecule has 10 heteroatoms. The lowest BCUT2D eigenvalue weighted by Gasteiger charge is -2.22. The van der Waals surface area contributed by atoms with E-state index in [2.05, 4.69) is 20.7 Å². The third-order valence-electron chi connectivity index (χ3n) is 4.47. The summed E-state index contributed by atoms with van der Waals surface area (Å²) in [6, 6.07) is 0.199. The first-order chi connectivity index (χ1) is 12.2. The molecule has 1 aromatic heterocycles. The Kier molecular flexibility index (Phi) is 8.67. The van der Waals surface area contributed by atoms with Crippen molar-refractivity contribution >= 4 is 41.9 Å². The molecule has 26 heavy (non-hydrogen) atoms. The summed E-state index contributed by atoms with van der Waals surface area (Å²) in [4.78, 5) is 30.4. The number of rotatable bonds is 5. The molecule has 0 spiro atoms. The Bertz CT molecular complexity index is 585. The minimum absolute atomic E-state index is 0. The highest BCUT2D eigenvalue weighted by Gasteiger charge is 2.19. The summed E-state index contributed by atoms with van der Waals surface area (Å²) < 4.78 is 1.50. The van der Waals surface area contributed by atoms with Crippen LogP contribution in [-0.4, -0.2) is 68.7 Å². The van der Waals surface area contributed by atoms with Crippen LogP contribution < -0.4 is 10.6 Å². The maximum atomic E-state index is 12.4. The van der Waals surface area contributed by atoms with Crippen molar-refractivity contribution in [2.45, 2.75) is 44.7 Å². The molecule has 8 nitrogen and oxygen atoms in total. The zero-order valence-electron chi connectivity index (χ0n) is 14.9. The van der Waals surface area contributed by atoms with Crippen molar-refractivity contribution in [3.63, 3.8) is 0 Å². The number of aromatic nitrogens is 3. The van der Waals surface area contributed by atoms with Gasteiger partial charge in [0.25, 0.3) is 0 Å². The molecule has 0 aliphatic carbocycles. The van der Waals surface area contributed by atoms with Crippen molar-refractivity contribution in [3.8, 4) is 0 Å². The number of carbonyl (C=O) groups excluding carboxylic acids is 2. The van der Waals surface area contributed by atoms with Gasteiger partial charge in [0.2, 0.25) is 17.8 Å². The molecule has 3 heterocycles. The van der Waals surface area contributed by atoms with Gasteiger partial charge in [-0.15, -0.1) is 17.5 Å². The lowest BCUT2D eigenvalue weighted by Crippen LogP contribution is -2.40. The largest absolute Gasteiger partial charge is 0.341 e. The predicted octanol–water partition coefficient (Wildman–Crippen LogP) is 1.14. The second-order valence-electron chi connectivity index (χ2n) is 6.54. The Morgan fingerprint density at radius 1 is 1.27 bits per heavy atom. The fraction of sp³-hybridized carbons (Fsp3) is 0.750. The highest BCUT2D eigenvalue weighted by molar-refractivity contribution is 7.99. The van der Waals surface area contributed by atoms with Crippen LogP contribution in [0.25, 0.3) is 0 Å². The number of nitrogens with one attached hydrogen (secondary N) is 2. The number of thioether (sulfide) groups is 1. The van der Waals surface area contributed by atoms with E-state index >= 15 is 0 Å². The molecule has 3 rings (SSSR count). The molecular weight excluding hydrogens is 376 g/mol. The van der Waals surface area contributed by atoms with E-state index in [9.17, 15) is 9.59 Å². The predicted molar refractivity (Wildman–Crippen MR) is 105 cm³/mol. The average Bonchev–Trinajstić information content (AvgIpc) is 2.86. The van der Waals surface area contributed by atoms with Gasteiger partial charge in [0.1, 0.15) is 12.9 Å². The Balaban J connectivity index is 0.00000243. The first kappa shape index (κ1) is 21.0. The molecule has 2 fully saturated rings. The number of anilines is 1. The van der Waals surface area contributed by atoms with E-state index in [0.29, 0.717) is 6.42 Å². The third-order valence-corrected chi connectivity index (χ3v) is 5.60. The monoisotopic (exact) mass is 402 g/mol. The van der Waals surface area contributed by atoms with E-state index in [1.54, 1.807) is 0 Å². The zero-order valence-corrected chi connectivity index (χ0v) is 16.5. The third kappa shape index (κ3) is 6.44. The normalized spacial score (nSPS) is 20.8. The number of nitrogens with zero attached hydrogens (tertiary/aromatic N) is 4. The van der Waals surface area contributed by atoms with Gasteiger partial charge in [0.05, 0.1) is 0 Å². The second-order valence-corrected chi connectivity index (χ2v) is 7.69. The second kappa shape index (κ2) is 10.7. The molecule has 146 valence electrons. The molecule has 1 unspecified atom stereocenters. The Morgan fingerprint density at radius 2 is 2.04 bits per heavy atom. The topological polar surface area (TPSA) is 92.2 Å². The molecule has 2 aliphatic rings. The van der Waals surface area contributed by atoms with Crippen molar-refractivity contribution in [2.24, 2.45) is 0 Å². The maximum Gasteiger partial charge on any atom is 0.248 e. The molecule has 2 saturated heterocycles. The lowest BCUT2D eigenvalue weighted by molar-refractivity contribution is -0.132. The average molecular weight is 403 g/mol. The summed E-state index contributed by atoms with van der Waals surface area (Å²) in [7, 11) is 0. The van der Waals surface area contributed by atoms with Gasteiger partial charge in [-0.1, -0.05) is 12.8 Å². The number of hydrogen-bond donors (Lipinski definition) is 2. The van der Waals surface area contributed by atoms with Crippen LogP contribution in [0.15, 0.2) is 6.33 Å². The fourth-order valence-corrected chi connectivity index (χ4v) is 4.09. The number of likely N-dealkylation sites (tertiary alicyclic amines) is 1. The van der Waals surface area contributed by atoms with Crippen molar-refractivity contribution in [3.05, 3.63) is 6.33 Å². The molecule has 1 aromatic rings. The van der Waals surface area contributed by atoms with Gasteiger partial charge in [-0.25, -0.2) is 9.67 Å². The smallest absolute Gasteiger partial charge is 0.248 e. The summed E-state index contributed by atoms with van der Waals surface area (Å²) in [5.74, 6) is 2.26.